The number of carbonyl (C=O) groups excluding carboxylic acids is 1. The van der Waals surface area contributed by atoms with Crippen molar-refractivity contribution >= 4 is 27.3 Å². The lowest BCUT2D eigenvalue weighted by Gasteiger charge is -2.07. The quantitative estimate of drug-likeness (QED) is 0.836. The number of aromatic nitrogens is 1. The summed E-state index contributed by atoms with van der Waals surface area (Å²) in [6.45, 7) is 3.24. The van der Waals surface area contributed by atoms with Crippen molar-refractivity contribution in [3.8, 4) is 0 Å². The lowest BCUT2D eigenvalue weighted by atomic mass is 10.3. The largest absolute Gasteiger partial charge is 0.465 e. The molecule has 7 nitrogen and oxygen atoms in total. The van der Waals surface area contributed by atoms with E-state index in [0.717, 1.165) is 11.3 Å². The average Bonchev–Trinajstić information content (AvgIpc) is 3.02. The van der Waals surface area contributed by atoms with Crippen LogP contribution >= 0.6 is 11.3 Å². The van der Waals surface area contributed by atoms with Crippen LogP contribution in [0.25, 0.3) is 0 Å². The van der Waals surface area contributed by atoms with Gasteiger partial charge in [0.1, 0.15) is 15.5 Å². The number of hydrogen-bond acceptors (Lipinski definition) is 7. The average molecular weight is 330 g/mol. The Morgan fingerprint density at radius 3 is 2.76 bits per heavy atom. The Morgan fingerprint density at radius 1 is 1.48 bits per heavy atom. The van der Waals surface area contributed by atoms with Crippen LogP contribution in [0.3, 0.4) is 0 Å². The predicted molar refractivity (Wildman–Crippen MR) is 75.7 cm³/mol. The van der Waals surface area contributed by atoms with Crippen LogP contribution in [0.2, 0.25) is 0 Å². The fourth-order valence-electron chi connectivity index (χ4n) is 1.71. The number of hydrogen-bond donors (Lipinski definition) is 1. The zero-order valence-electron chi connectivity index (χ0n) is 11.7. The van der Waals surface area contributed by atoms with Crippen LogP contribution in [0.4, 0.5) is 0 Å². The van der Waals surface area contributed by atoms with E-state index in [9.17, 15) is 13.2 Å². The zero-order chi connectivity index (χ0) is 15.6. The van der Waals surface area contributed by atoms with Gasteiger partial charge in [-0.2, -0.15) is 0 Å². The second-order valence-electron chi connectivity index (χ2n) is 4.26. The minimum atomic E-state index is -3.86. The Bertz CT molecular complexity index is 760. The molecular formula is C12H14N2O5S2. The van der Waals surface area contributed by atoms with E-state index in [1.807, 2.05) is 0 Å². The van der Waals surface area contributed by atoms with Crippen molar-refractivity contribution in [2.45, 2.75) is 25.3 Å². The normalized spacial score (nSPS) is 11.6. The van der Waals surface area contributed by atoms with E-state index in [-0.39, 0.29) is 22.2 Å². The first-order valence-corrected chi connectivity index (χ1v) is 8.29. The number of rotatable bonds is 5. The first-order valence-electron chi connectivity index (χ1n) is 5.92. The first-order chi connectivity index (χ1) is 9.85. The molecule has 0 amide bonds. The van der Waals surface area contributed by atoms with Crippen LogP contribution in [0, 0.1) is 13.8 Å². The summed E-state index contributed by atoms with van der Waals surface area (Å²) >= 11 is 1.03. The van der Waals surface area contributed by atoms with Gasteiger partial charge in [0.2, 0.25) is 15.9 Å². The smallest absolute Gasteiger partial charge is 0.349 e. The lowest BCUT2D eigenvalue weighted by molar-refractivity contribution is 0.0602. The predicted octanol–water partition coefficient (Wildman–Crippen LogP) is 1.62. The third-order valence-corrected chi connectivity index (χ3v) is 5.44. The Kier molecular flexibility index (Phi) is 4.45. The Balaban J connectivity index is 2.27. The number of esters is 1. The maximum Gasteiger partial charge on any atom is 0.349 e. The van der Waals surface area contributed by atoms with Crippen LogP contribution in [-0.2, 0) is 21.3 Å². The summed E-state index contributed by atoms with van der Waals surface area (Å²) in [5, 5.41) is 1.59. The minimum absolute atomic E-state index is 0.0473. The molecule has 9 heteroatoms. The summed E-state index contributed by atoms with van der Waals surface area (Å²) in [5.74, 6) is 0.162. The molecule has 0 unspecified atom stereocenters. The summed E-state index contributed by atoms with van der Waals surface area (Å²) in [5.41, 5.74) is 0.483. The van der Waals surface area contributed by atoms with Gasteiger partial charge in [-0.1, -0.05) is 0 Å². The number of oxazole rings is 1. The van der Waals surface area contributed by atoms with Crippen LogP contribution in [-0.4, -0.2) is 26.5 Å². The van der Waals surface area contributed by atoms with E-state index < -0.39 is 16.0 Å². The number of methoxy groups -OCH3 is 1. The molecule has 21 heavy (non-hydrogen) atoms. The fraction of sp³-hybridized carbons (Fsp3) is 0.333. The molecule has 0 bridgehead atoms. The minimum Gasteiger partial charge on any atom is -0.465 e. The molecule has 2 heterocycles. The second-order valence-corrected chi connectivity index (χ2v) is 6.84. The Morgan fingerprint density at radius 2 is 2.19 bits per heavy atom. The molecule has 2 rings (SSSR count). The molecule has 0 spiro atoms. The Labute approximate surface area is 126 Å². The van der Waals surface area contributed by atoms with E-state index in [1.54, 1.807) is 19.2 Å². The highest BCUT2D eigenvalue weighted by atomic mass is 32.2. The lowest BCUT2D eigenvalue weighted by Crippen LogP contribution is -2.25. The SMILES string of the molecule is COC(=O)c1scc(C)c1S(=O)(=O)NCc1ncc(C)o1. The van der Waals surface area contributed by atoms with Gasteiger partial charge in [0, 0.05) is 0 Å². The summed E-state index contributed by atoms with van der Waals surface area (Å²) in [6.07, 6.45) is 1.50. The molecule has 0 radical (unpaired) electrons. The van der Waals surface area contributed by atoms with Gasteiger partial charge in [0.15, 0.2) is 0 Å². The highest BCUT2D eigenvalue weighted by molar-refractivity contribution is 7.89. The van der Waals surface area contributed by atoms with Gasteiger partial charge in [-0.25, -0.2) is 22.9 Å². The number of sulfonamides is 1. The molecular weight excluding hydrogens is 316 g/mol. The molecule has 2 aromatic heterocycles. The van der Waals surface area contributed by atoms with Crippen molar-refractivity contribution in [2.75, 3.05) is 7.11 Å². The molecule has 0 aliphatic carbocycles. The van der Waals surface area contributed by atoms with Gasteiger partial charge < -0.3 is 9.15 Å². The maximum atomic E-state index is 12.4. The highest BCUT2D eigenvalue weighted by Crippen LogP contribution is 2.27. The van der Waals surface area contributed by atoms with Gasteiger partial charge in [0.25, 0.3) is 0 Å². The maximum absolute atomic E-state index is 12.4. The van der Waals surface area contributed by atoms with E-state index in [1.165, 1.54) is 13.3 Å². The molecule has 0 atom stereocenters. The van der Waals surface area contributed by atoms with E-state index in [0.29, 0.717) is 11.3 Å². The molecule has 2 aromatic rings. The topological polar surface area (TPSA) is 98.5 Å². The molecule has 0 saturated carbocycles. The second kappa shape index (κ2) is 5.96. The van der Waals surface area contributed by atoms with Crippen molar-refractivity contribution in [3.63, 3.8) is 0 Å². The molecule has 1 N–H and O–H groups in total. The molecule has 0 aliphatic rings. The molecule has 0 saturated heterocycles. The number of ether oxygens (including phenoxy) is 1. The monoisotopic (exact) mass is 330 g/mol. The number of nitrogens with zero attached hydrogens (tertiary/aromatic N) is 1. The molecule has 0 aliphatic heterocycles. The zero-order valence-corrected chi connectivity index (χ0v) is 13.3. The molecule has 0 aromatic carbocycles. The third-order valence-electron chi connectivity index (χ3n) is 2.64. The first kappa shape index (κ1) is 15.7. The summed E-state index contributed by atoms with van der Waals surface area (Å²) < 4.78 is 36.9. The number of carbonyl (C=O) groups is 1. The summed E-state index contributed by atoms with van der Waals surface area (Å²) in [4.78, 5) is 15.5. The van der Waals surface area contributed by atoms with E-state index in [2.05, 4.69) is 14.4 Å². The summed E-state index contributed by atoms with van der Waals surface area (Å²) in [6, 6.07) is 0. The van der Waals surface area contributed by atoms with Gasteiger partial charge in [-0.3, -0.25) is 0 Å². The fourth-order valence-corrected chi connectivity index (χ4v) is 4.39. The molecule has 114 valence electrons. The van der Waals surface area contributed by atoms with Crippen LogP contribution in [0.15, 0.2) is 20.9 Å². The van der Waals surface area contributed by atoms with Gasteiger partial charge in [-0.15, -0.1) is 11.3 Å². The standard InChI is InChI=1S/C12H14N2O5S2/c1-7-6-20-10(12(15)18-3)11(7)21(16,17)14-5-9-13-4-8(2)19-9/h4,6,14H,5H2,1-3H3. The van der Waals surface area contributed by atoms with Crippen molar-refractivity contribution in [2.24, 2.45) is 0 Å². The summed E-state index contributed by atoms with van der Waals surface area (Å²) in [7, 11) is -2.66. The van der Waals surface area contributed by atoms with Crippen molar-refractivity contribution in [3.05, 3.63) is 33.7 Å². The molecule has 0 fully saturated rings. The van der Waals surface area contributed by atoms with Crippen molar-refractivity contribution in [1.29, 1.82) is 0 Å². The van der Waals surface area contributed by atoms with E-state index >= 15 is 0 Å². The highest BCUT2D eigenvalue weighted by Gasteiger charge is 2.27. The van der Waals surface area contributed by atoms with Gasteiger partial charge in [0.05, 0.1) is 19.9 Å². The van der Waals surface area contributed by atoms with Crippen LogP contribution in [0.1, 0.15) is 26.9 Å². The third kappa shape index (κ3) is 3.31. The number of thiophene rings is 1. The van der Waals surface area contributed by atoms with Crippen molar-refractivity contribution in [1.82, 2.24) is 9.71 Å². The van der Waals surface area contributed by atoms with Crippen LogP contribution in [0.5, 0.6) is 0 Å². The number of aryl methyl sites for hydroxylation is 2. The Hall–Kier alpha value is -1.71. The van der Waals surface area contributed by atoms with Crippen LogP contribution < -0.4 is 4.72 Å². The number of nitrogens with one attached hydrogen (secondary N) is 1. The van der Waals surface area contributed by atoms with Gasteiger partial charge in [-0.05, 0) is 24.8 Å². The van der Waals surface area contributed by atoms with Gasteiger partial charge >= 0.3 is 5.97 Å². The van der Waals surface area contributed by atoms with E-state index in [4.69, 9.17) is 4.42 Å². The van der Waals surface area contributed by atoms with Crippen molar-refractivity contribution < 1.29 is 22.4 Å².